The number of sulfonamides is 1. The lowest BCUT2D eigenvalue weighted by molar-refractivity contribution is 0.471. The number of nitriles is 1. The highest BCUT2D eigenvalue weighted by Gasteiger charge is 2.49. The van der Waals surface area contributed by atoms with Gasteiger partial charge in [0.1, 0.15) is 8.07 Å². The van der Waals surface area contributed by atoms with Gasteiger partial charge >= 0.3 is 0 Å². The summed E-state index contributed by atoms with van der Waals surface area (Å²) in [4.78, 5) is 0.302. The number of rotatable bonds is 7. The van der Waals surface area contributed by atoms with Crippen molar-refractivity contribution in [1.82, 2.24) is 4.31 Å². The summed E-state index contributed by atoms with van der Waals surface area (Å²) in [5.41, 5.74) is 3.13. The summed E-state index contributed by atoms with van der Waals surface area (Å²) in [5, 5.41) is 11.2. The lowest BCUT2D eigenvalue weighted by atomic mass is 10.0. The molecule has 0 aromatic heterocycles. The zero-order valence-corrected chi connectivity index (χ0v) is 21.3. The molecule has 0 bridgehead atoms. The standard InChI is InChI=1S/C24H36N2O2SSi/c1-9-21-15-26(29(27,28)22-12-10-20(8)11-13-22)16-23(21)24(14-25)30(17(2)3,18(4)5)19(6)7/h9-13,17-19,21H,1,15-16H2,2-8H3/b24-23+. The Balaban J connectivity index is 2.64. The van der Waals surface area contributed by atoms with E-state index < -0.39 is 18.1 Å². The van der Waals surface area contributed by atoms with Crippen LogP contribution in [0.25, 0.3) is 0 Å². The number of hydrogen-bond acceptors (Lipinski definition) is 3. The Hall–Kier alpha value is -1.68. The first-order valence-corrected chi connectivity index (χ1v) is 14.4. The zero-order valence-electron chi connectivity index (χ0n) is 19.4. The third-order valence-corrected chi connectivity index (χ3v) is 15.7. The van der Waals surface area contributed by atoms with E-state index >= 15 is 0 Å². The van der Waals surface area contributed by atoms with Crippen LogP contribution < -0.4 is 0 Å². The van der Waals surface area contributed by atoms with E-state index in [1.54, 1.807) is 12.1 Å². The maximum absolute atomic E-state index is 13.3. The van der Waals surface area contributed by atoms with E-state index in [2.05, 4.69) is 54.2 Å². The fourth-order valence-electron chi connectivity index (χ4n) is 5.54. The van der Waals surface area contributed by atoms with Crippen LogP contribution >= 0.6 is 0 Å². The molecule has 1 fully saturated rings. The van der Waals surface area contributed by atoms with E-state index in [0.29, 0.717) is 28.1 Å². The van der Waals surface area contributed by atoms with Gasteiger partial charge in [0.15, 0.2) is 0 Å². The first kappa shape index (κ1) is 24.6. The molecular weight excluding hydrogens is 408 g/mol. The first-order valence-electron chi connectivity index (χ1n) is 10.8. The molecule has 1 unspecified atom stereocenters. The number of hydrogen-bond donors (Lipinski definition) is 0. The van der Waals surface area contributed by atoms with Gasteiger partial charge in [0, 0.05) is 24.2 Å². The number of aryl methyl sites for hydroxylation is 1. The zero-order chi connectivity index (χ0) is 22.9. The molecule has 0 spiro atoms. The monoisotopic (exact) mass is 444 g/mol. The minimum absolute atomic E-state index is 0.122. The maximum atomic E-state index is 13.3. The number of benzene rings is 1. The maximum Gasteiger partial charge on any atom is 0.243 e. The topological polar surface area (TPSA) is 61.2 Å². The van der Waals surface area contributed by atoms with E-state index in [1.165, 1.54) is 4.31 Å². The van der Waals surface area contributed by atoms with Crippen molar-refractivity contribution in [3.8, 4) is 6.07 Å². The van der Waals surface area contributed by atoms with Crippen LogP contribution in [0.2, 0.25) is 16.6 Å². The minimum atomic E-state index is -3.62. The van der Waals surface area contributed by atoms with Crippen LogP contribution in [-0.2, 0) is 10.0 Å². The molecule has 6 heteroatoms. The summed E-state index contributed by atoms with van der Waals surface area (Å²) >= 11 is 0. The summed E-state index contributed by atoms with van der Waals surface area (Å²) < 4.78 is 28.1. The third kappa shape index (κ3) is 4.08. The Morgan fingerprint density at radius 2 is 1.63 bits per heavy atom. The first-order chi connectivity index (χ1) is 13.9. The predicted molar refractivity (Wildman–Crippen MR) is 127 cm³/mol. The molecule has 0 N–H and O–H groups in total. The van der Waals surface area contributed by atoms with Gasteiger partial charge in [0.2, 0.25) is 10.0 Å². The lowest BCUT2D eigenvalue weighted by Crippen LogP contribution is -2.47. The average molecular weight is 445 g/mol. The molecule has 0 aliphatic carbocycles. The Bertz CT molecular complexity index is 932. The highest BCUT2D eigenvalue weighted by molar-refractivity contribution is 7.89. The van der Waals surface area contributed by atoms with Crippen molar-refractivity contribution in [2.45, 2.75) is 70.0 Å². The third-order valence-electron chi connectivity index (χ3n) is 6.87. The molecule has 1 aromatic rings. The molecule has 1 aliphatic heterocycles. The molecule has 30 heavy (non-hydrogen) atoms. The van der Waals surface area contributed by atoms with Crippen LogP contribution in [-0.4, -0.2) is 33.9 Å². The second-order valence-corrected chi connectivity index (χ2v) is 17.1. The van der Waals surface area contributed by atoms with Gasteiger partial charge < -0.3 is 0 Å². The molecule has 1 atom stereocenters. The van der Waals surface area contributed by atoms with Crippen LogP contribution in [0.15, 0.2) is 52.6 Å². The van der Waals surface area contributed by atoms with E-state index in [9.17, 15) is 13.7 Å². The molecule has 4 nitrogen and oxygen atoms in total. The van der Waals surface area contributed by atoms with Gasteiger partial charge in [0.05, 0.1) is 11.0 Å². The lowest BCUT2D eigenvalue weighted by Gasteiger charge is -2.43. The average Bonchev–Trinajstić information content (AvgIpc) is 3.10. The molecule has 1 aromatic carbocycles. The SMILES string of the molecule is C=CC1CN(S(=O)(=O)c2ccc(C)cc2)C/C1=C(/C#N)[Si](C(C)C)(C(C)C)C(C)C. The fourth-order valence-corrected chi connectivity index (χ4v) is 13.7. The smallest absolute Gasteiger partial charge is 0.207 e. The van der Waals surface area contributed by atoms with E-state index in [4.69, 9.17) is 0 Å². The van der Waals surface area contributed by atoms with Gasteiger partial charge in [0.25, 0.3) is 0 Å². The molecule has 1 heterocycles. The number of nitrogens with zero attached hydrogens (tertiary/aromatic N) is 2. The summed E-state index contributed by atoms with van der Waals surface area (Å²) in [6.07, 6.45) is 1.82. The van der Waals surface area contributed by atoms with Gasteiger partial charge in [-0.2, -0.15) is 9.57 Å². The predicted octanol–water partition coefficient (Wildman–Crippen LogP) is 5.84. The Morgan fingerprint density at radius 1 is 1.13 bits per heavy atom. The second kappa shape index (κ2) is 9.21. The van der Waals surface area contributed by atoms with Gasteiger partial charge in [-0.15, -0.1) is 6.58 Å². The van der Waals surface area contributed by atoms with Crippen LogP contribution in [0.1, 0.15) is 47.1 Å². The molecule has 0 amide bonds. The Labute approximate surface area is 184 Å². The molecule has 164 valence electrons. The largest absolute Gasteiger partial charge is 0.243 e. The second-order valence-electron chi connectivity index (χ2n) is 9.36. The Kier molecular flexibility index (Phi) is 7.55. The van der Waals surface area contributed by atoms with Crippen molar-refractivity contribution in [2.75, 3.05) is 13.1 Å². The van der Waals surface area contributed by atoms with E-state index in [-0.39, 0.29) is 12.5 Å². The van der Waals surface area contributed by atoms with Crippen molar-refractivity contribution in [2.24, 2.45) is 5.92 Å². The minimum Gasteiger partial charge on any atom is -0.207 e. The number of allylic oxidation sites excluding steroid dienone is 1. The summed E-state index contributed by atoms with van der Waals surface area (Å²) in [5.74, 6) is -0.122. The van der Waals surface area contributed by atoms with Crippen molar-refractivity contribution in [3.05, 3.63) is 53.3 Å². The van der Waals surface area contributed by atoms with Crippen molar-refractivity contribution in [1.29, 1.82) is 5.26 Å². The molecule has 0 radical (unpaired) electrons. The normalized spacial score (nSPS) is 20.1. The van der Waals surface area contributed by atoms with Crippen LogP contribution in [0.4, 0.5) is 0 Å². The summed E-state index contributed by atoms with van der Waals surface area (Å²) in [6, 6.07) is 9.55. The van der Waals surface area contributed by atoms with E-state index in [1.807, 2.05) is 25.1 Å². The van der Waals surface area contributed by atoms with Crippen molar-refractivity contribution in [3.63, 3.8) is 0 Å². The molecule has 0 saturated carbocycles. The molecule has 1 saturated heterocycles. The van der Waals surface area contributed by atoms with E-state index in [0.717, 1.165) is 16.3 Å². The van der Waals surface area contributed by atoms with Gasteiger partial charge in [-0.05, 0) is 41.3 Å². The van der Waals surface area contributed by atoms with Gasteiger partial charge in [-0.1, -0.05) is 65.3 Å². The van der Waals surface area contributed by atoms with Crippen molar-refractivity contribution < 1.29 is 8.42 Å². The highest BCUT2D eigenvalue weighted by atomic mass is 32.2. The molecular formula is C24H36N2O2SSi. The molecule has 2 rings (SSSR count). The van der Waals surface area contributed by atoms with Gasteiger partial charge in [-0.25, -0.2) is 8.42 Å². The quantitative estimate of drug-likeness (QED) is 0.301. The fraction of sp³-hybridized carbons (Fsp3) is 0.542. The summed E-state index contributed by atoms with van der Waals surface area (Å²) in [7, 11) is -5.83. The Morgan fingerprint density at radius 3 is 2.03 bits per heavy atom. The van der Waals surface area contributed by atoms with Crippen LogP contribution in [0.3, 0.4) is 0 Å². The molecule has 1 aliphatic rings. The van der Waals surface area contributed by atoms with Crippen LogP contribution in [0, 0.1) is 24.2 Å². The highest BCUT2D eigenvalue weighted by Crippen LogP contribution is 2.49. The van der Waals surface area contributed by atoms with Gasteiger partial charge in [-0.3, -0.25) is 0 Å². The summed E-state index contributed by atoms with van der Waals surface area (Å²) in [6.45, 7) is 19.9. The van der Waals surface area contributed by atoms with Crippen LogP contribution in [0.5, 0.6) is 0 Å². The van der Waals surface area contributed by atoms with Crippen molar-refractivity contribution >= 4 is 18.1 Å².